The van der Waals surface area contributed by atoms with Crippen LogP contribution in [0, 0.1) is 19.7 Å². The minimum atomic E-state index is -0.368. The molecule has 3 rings (SSSR count). The molecule has 3 aromatic rings. The molecule has 2 aromatic heterocycles. The average Bonchev–Trinajstić information content (AvgIpc) is 3.06. The molecule has 1 aromatic carbocycles. The number of benzene rings is 1. The SMILES string of the molecule is CCn1c(=O)c(CCC(=O)NCCOC)c(C)c2c(C)nn(-c3cccc(F)c3)c21. The van der Waals surface area contributed by atoms with Gasteiger partial charge >= 0.3 is 0 Å². The van der Waals surface area contributed by atoms with Crippen molar-refractivity contribution < 1.29 is 13.9 Å². The molecule has 0 atom stereocenters. The Labute approximate surface area is 174 Å². The van der Waals surface area contributed by atoms with E-state index in [0.29, 0.717) is 43.0 Å². The fraction of sp³-hybridized carbons (Fsp3) is 0.409. The van der Waals surface area contributed by atoms with Crippen LogP contribution >= 0.6 is 0 Å². The number of fused-ring (bicyclic) bond motifs is 1. The van der Waals surface area contributed by atoms with Gasteiger partial charge in [-0.25, -0.2) is 9.07 Å². The molecule has 7 nitrogen and oxygen atoms in total. The molecule has 0 aliphatic rings. The molecule has 0 aliphatic heterocycles. The number of nitrogens with zero attached hydrogens (tertiary/aromatic N) is 3. The number of aryl methyl sites for hydroxylation is 3. The van der Waals surface area contributed by atoms with Gasteiger partial charge in [-0.2, -0.15) is 5.10 Å². The lowest BCUT2D eigenvalue weighted by Crippen LogP contribution is -2.30. The number of pyridine rings is 1. The van der Waals surface area contributed by atoms with Crippen molar-refractivity contribution in [2.75, 3.05) is 20.3 Å². The van der Waals surface area contributed by atoms with Crippen molar-refractivity contribution in [3.8, 4) is 5.69 Å². The summed E-state index contributed by atoms with van der Waals surface area (Å²) in [7, 11) is 1.57. The molecule has 160 valence electrons. The lowest BCUT2D eigenvalue weighted by molar-refractivity contribution is -0.121. The molecule has 1 amide bonds. The summed E-state index contributed by atoms with van der Waals surface area (Å²) in [5.74, 6) is -0.492. The minimum absolute atomic E-state index is 0.124. The number of hydrogen-bond donors (Lipinski definition) is 1. The van der Waals surface area contributed by atoms with Crippen molar-refractivity contribution >= 4 is 16.9 Å². The summed E-state index contributed by atoms with van der Waals surface area (Å²) in [5.41, 5.74) is 3.21. The summed E-state index contributed by atoms with van der Waals surface area (Å²) in [6.45, 7) is 6.95. The van der Waals surface area contributed by atoms with Crippen molar-refractivity contribution in [1.29, 1.82) is 0 Å². The van der Waals surface area contributed by atoms with E-state index in [1.54, 1.807) is 28.5 Å². The number of carbonyl (C=O) groups excluding carboxylic acids is 1. The van der Waals surface area contributed by atoms with E-state index in [4.69, 9.17) is 4.74 Å². The lowest BCUT2D eigenvalue weighted by atomic mass is 10.0. The van der Waals surface area contributed by atoms with Gasteiger partial charge in [0.15, 0.2) is 0 Å². The van der Waals surface area contributed by atoms with Gasteiger partial charge in [0.25, 0.3) is 5.56 Å². The zero-order valence-electron chi connectivity index (χ0n) is 17.8. The van der Waals surface area contributed by atoms with Crippen LogP contribution in [-0.4, -0.2) is 40.5 Å². The molecule has 0 aliphatic carbocycles. The summed E-state index contributed by atoms with van der Waals surface area (Å²) in [5, 5.41) is 8.23. The number of rotatable bonds is 8. The number of amides is 1. The Morgan fingerprint density at radius 3 is 2.73 bits per heavy atom. The van der Waals surface area contributed by atoms with E-state index in [1.807, 2.05) is 20.8 Å². The highest BCUT2D eigenvalue weighted by molar-refractivity contribution is 5.85. The lowest BCUT2D eigenvalue weighted by Gasteiger charge is -2.14. The Hall–Kier alpha value is -3.00. The van der Waals surface area contributed by atoms with Crippen LogP contribution in [-0.2, 0) is 22.5 Å². The van der Waals surface area contributed by atoms with E-state index in [1.165, 1.54) is 12.1 Å². The third-order valence-electron chi connectivity index (χ3n) is 5.22. The van der Waals surface area contributed by atoms with Gasteiger partial charge in [-0.1, -0.05) is 6.07 Å². The fourth-order valence-corrected chi connectivity index (χ4v) is 3.77. The third-order valence-corrected chi connectivity index (χ3v) is 5.22. The molecule has 0 saturated carbocycles. The van der Waals surface area contributed by atoms with Crippen molar-refractivity contribution in [1.82, 2.24) is 19.7 Å². The van der Waals surface area contributed by atoms with E-state index in [9.17, 15) is 14.0 Å². The normalized spacial score (nSPS) is 11.2. The van der Waals surface area contributed by atoms with Crippen molar-refractivity contribution in [2.24, 2.45) is 0 Å². The second kappa shape index (κ2) is 9.21. The Kier molecular flexibility index (Phi) is 6.66. The summed E-state index contributed by atoms with van der Waals surface area (Å²) in [4.78, 5) is 25.4. The van der Waals surface area contributed by atoms with E-state index < -0.39 is 0 Å². The Morgan fingerprint density at radius 1 is 1.30 bits per heavy atom. The largest absolute Gasteiger partial charge is 0.383 e. The molecule has 0 spiro atoms. The van der Waals surface area contributed by atoms with E-state index >= 15 is 0 Å². The van der Waals surface area contributed by atoms with Crippen LogP contribution in [0.4, 0.5) is 4.39 Å². The van der Waals surface area contributed by atoms with E-state index in [0.717, 1.165) is 16.6 Å². The van der Waals surface area contributed by atoms with E-state index in [2.05, 4.69) is 10.4 Å². The van der Waals surface area contributed by atoms with Gasteiger partial charge in [-0.15, -0.1) is 0 Å². The van der Waals surface area contributed by atoms with Gasteiger partial charge in [0.1, 0.15) is 11.5 Å². The first-order valence-corrected chi connectivity index (χ1v) is 10.0. The van der Waals surface area contributed by atoms with Gasteiger partial charge in [0.05, 0.1) is 18.0 Å². The summed E-state index contributed by atoms with van der Waals surface area (Å²) in [6.07, 6.45) is 0.552. The fourth-order valence-electron chi connectivity index (χ4n) is 3.77. The zero-order chi connectivity index (χ0) is 21.8. The van der Waals surface area contributed by atoms with Crippen molar-refractivity contribution in [3.63, 3.8) is 0 Å². The molecule has 0 bridgehead atoms. The minimum Gasteiger partial charge on any atom is -0.383 e. The molecule has 1 N–H and O–H groups in total. The number of aromatic nitrogens is 3. The predicted octanol–water partition coefficient (Wildman–Crippen LogP) is 2.66. The molecular weight excluding hydrogens is 387 g/mol. The summed E-state index contributed by atoms with van der Waals surface area (Å²) >= 11 is 0. The monoisotopic (exact) mass is 414 g/mol. The predicted molar refractivity (Wildman–Crippen MR) is 114 cm³/mol. The first-order valence-electron chi connectivity index (χ1n) is 10.0. The first-order chi connectivity index (χ1) is 14.4. The highest BCUT2D eigenvalue weighted by Crippen LogP contribution is 2.26. The highest BCUT2D eigenvalue weighted by Gasteiger charge is 2.21. The number of halogens is 1. The van der Waals surface area contributed by atoms with Gasteiger partial charge < -0.3 is 10.1 Å². The number of carbonyl (C=O) groups is 1. The average molecular weight is 414 g/mol. The van der Waals surface area contributed by atoms with Gasteiger partial charge in [0, 0.05) is 37.6 Å². The number of hydrogen-bond acceptors (Lipinski definition) is 4. The maximum absolute atomic E-state index is 13.8. The molecule has 0 unspecified atom stereocenters. The summed E-state index contributed by atoms with van der Waals surface area (Å²) < 4.78 is 22.0. The quantitative estimate of drug-likeness (QED) is 0.575. The third kappa shape index (κ3) is 4.14. The molecule has 0 fully saturated rings. The first kappa shape index (κ1) is 21.7. The van der Waals surface area contributed by atoms with Gasteiger partial charge in [0.2, 0.25) is 5.91 Å². The van der Waals surface area contributed by atoms with Crippen LogP contribution in [0.3, 0.4) is 0 Å². The maximum atomic E-state index is 13.8. The maximum Gasteiger partial charge on any atom is 0.255 e. The smallest absolute Gasteiger partial charge is 0.255 e. The Bertz CT molecular complexity index is 1130. The topological polar surface area (TPSA) is 78.2 Å². The standard InChI is InChI=1S/C22H27FN4O3/c1-5-26-21-20(15(3)25-27(21)17-8-6-7-16(23)13-17)14(2)18(22(26)29)9-10-19(28)24-11-12-30-4/h6-8,13H,5,9-12H2,1-4H3,(H,24,28). The molecule has 0 saturated heterocycles. The molecule has 30 heavy (non-hydrogen) atoms. The number of ether oxygens (including phenoxy) is 1. The van der Waals surface area contributed by atoms with Crippen LogP contribution in [0.25, 0.3) is 16.7 Å². The molecule has 8 heteroatoms. The van der Waals surface area contributed by atoms with Crippen molar-refractivity contribution in [3.05, 3.63) is 57.3 Å². The van der Waals surface area contributed by atoms with Crippen molar-refractivity contribution in [2.45, 2.75) is 40.2 Å². The van der Waals surface area contributed by atoms with Crippen LogP contribution in [0.2, 0.25) is 0 Å². The Morgan fingerprint density at radius 2 is 2.07 bits per heavy atom. The second-order valence-corrected chi connectivity index (χ2v) is 7.17. The van der Waals surface area contributed by atoms with Crippen LogP contribution in [0.15, 0.2) is 29.1 Å². The second-order valence-electron chi connectivity index (χ2n) is 7.17. The zero-order valence-corrected chi connectivity index (χ0v) is 17.8. The number of methoxy groups -OCH3 is 1. The number of nitrogens with one attached hydrogen (secondary N) is 1. The van der Waals surface area contributed by atoms with Crippen LogP contribution < -0.4 is 10.9 Å². The van der Waals surface area contributed by atoms with E-state index in [-0.39, 0.29) is 23.7 Å². The Balaban J connectivity index is 2.07. The van der Waals surface area contributed by atoms with Gasteiger partial charge in [-0.05, 0) is 51.0 Å². The molecule has 0 radical (unpaired) electrons. The highest BCUT2D eigenvalue weighted by atomic mass is 19.1. The molecule has 2 heterocycles. The van der Waals surface area contributed by atoms with Crippen LogP contribution in [0.1, 0.15) is 30.2 Å². The molecular formula is C22H27FN4O3. The van der Waals surface area contributed by atoms with Crippen LogP contribution in [0.5, 0.6) is 0 Å². The van der Waals surface area contributed by atoms with Gasteiger partial charge in [-0.3, -0.25) is 14.2 Å². The summed E-state index contributed by atoms with van der Waals surface area (Å²) in [6, 6.07) is 6.14.